The Balaban J connectivity index is 1.87. The summed E-state index contributed by atoms with van der Waals surface area (Å²) in [5, 5.41) is 20.1. The van der Waals surface area contributed by atoms with Crippen molar-refractivity contribution in [2.24, 2.45) is 0 Å². The lowest BCUT2D eigenvalue weighted by molar-refractivity contribution is 0.0696. The smallest absolute Gasteiger partial charge is 0.335 e. The number of ether oxygens (including phenoxy) is 1. The molecular weight excluding hydrogens is 440 g/mol. The Labute approximate surface area is 205 Å². The molecule has 0 bridgehead atoms. The van der Waals surface area contributed by atoms with Gasteiger partial charge in [0.2, 0.25) is 0 Å². The van der Waals surface area contributed by atoms with Crippen LogP contribution in [-0.2, 0) is 13.0 Å². The Kier molecular flexibility index (Phi) is 8.41. The van der Waals surface area contributed by atoms with E-state index in [4.69, 9.17) is 4.74 Å². The van der Waals surface area contributed by atoms with E-state index < -0.39 is 5.97 Å². The van der Waals surface area contributed by atoms with Gasteiger partial charge < -0.3 is 14.9 Å². The third kappa shape index (κ3) is 6.36. The van der Waals surface area contributed by atoms with Crippen LogP contribution in [-0.4, -0.2) is 22.0 Å². The molecule has 0 heterocycles. The van der Waals surface area contributed by atoms with E-state index in [9.17, 15) is 19.8 Å². The lowest BCUT2D eigenvalue weighted by atomic mass is 9.98. The topological polar surface area (TPSA) is 83.8 Å². The fraction of sp³-hybridized carbons (Fsp3) is 0.133. The van der Waals surface area contributed by atoms with Gasteiger partial charge in [0.25, 0.3) is 0 Å². The zero-order chi connectivity index (χ0) is 25.4. The molecule has 3 aromatic carbocycles. The molecule has 0 atom stereocenters. The standard InChI is InChI=1S/C30H28O5/c1-4-6-12-24(5-2)28-27(15-14-26(20(3)31)29(28)32)35-19-23-11-7-9-21(17-23)16-22-10-8-13-25(18-22)30(33)34/h4-15,17-18,32H,2,16,19H2,1,3H3,(H,33,34)/b6-4-,24-12+. The number of rotatable bonds is 10. The van der Waals surface area contributed by atoms with E-state index in [0.717, 1.165) is 16.7 Å². The molecular formula is C30H28O5. The third-order valence-electron chi connectivity index (χ3n) is 5.46. The number of allylic oxidation sites excluding steroid dienone is 5. The van der Waals surface area contributed by atoms with Crippen LogP contribution in [0.3, 0.4) is 0 Å². The molecule has 0 aliphatic rings. The number of hydrogen-bond acceptors (Lipinski definition) is 4. The molecule has 0 saturated heterocycles. The number of carboxylic acid groups (broad SMARTS) is 1. The van der Waals surface area contributed by atoms with Gasteiger partial charge in [0.15, 0.2) is 5.78 Å². The summed E-state index contributed by atoms with van der Waals surface area (Å²) in [6, 6.07) is 18.0. The van der Waals surface area contributed by atoms with Gasteiger partial charge in [0.1, 0.15) is 18.1 Å². The highest BCUT2D eigenvalue weighted by Gasteiger charge is 2.18. The summed E-state index contributed by atoms with van der Waals surface area (Å²) in [6.07, 6.45) is 7.67. The number of phenolic OH excluding ortho intramolecular Hbond substituents is 1. The number of Topliss-reactive ketones (excluding diaryl/α,β-unsaturated/α-hetero) is 1. The number of aromatic hydroxyl groups is 1. The molecule has 3 aromatic rings. The molecule has 0 saturated carbocycles. The van der Waals surface area contributed by atoms with Crippen LogP contribution in [0.1, 0.15) is 56.8 Å². The van der Waals surface area contributed by atoms with E-state index in [1.807, 2.05) is 49.4 Å². The molecule has 0 aromatic heterocycles. The molecule has 0 spiro atoms. The molecule has 3 rings (SSSR count). The first kappa shape index (κ1) is 25.2. The first-order chi connectivity index (χ1) is 16.8. The summed E-state index contributed by atoms with van der Waals surface area (Å²) < 4.78 is 6.10. The summed E-state index contributed by atoms with van der Waals surface area (Å²) in [5.74, 6) is -0.906. The maximum absolute atomic E-state index is 12.0. The summed E-state index contributed by atoms with van der Waals surface area (Å²) in [5.41, 5.74) is 4.34. The van der Waals surface area contributed by atoms with Gasteiger partial charge in [0, 0.05) is 0 Å². The highest BCUT2D eigenvalue weighted by atomic mass is 16.5. The van der Waals surface area contributed by atoms with Gasteiger partial charge in [-0.25, -0.2) is 4.79 Å². The van der Waals surface area contributed by atoms with Crippen molar-refractivity contribution in [3.05, 3.63) is 125 Å². The number of hydrogen-bond donors (Lipinski definition) is 2. The number of ketones is 1. The predicted molar refractivity (Wildman–Crippen MR) is 138 cm³/mol. The van der Waals surface area contributed by atoms with Crippen LogP contribution >= 0.6 is 0 Å². The SMILES string of the molecule is C=C/C(=C\C=C/C)c1c(OCc2cccc(Cc3cccc(C(=O)O)c3)c2)ccc(C(C)=O)c1O. The maximum Gasteiger partial charge on any atom is 0.335 e. The maximum atomic E-state index is 12.0. The molecule has 0 aliphatic heterocycles. The third-order valence-corrected chi connectivity index (χ3v) is 5.46. The summed E-state index contributed by atoms with van der Waals surface area (Å²) in [4.78, 5) is 23.2. The van der Waals surface area contributed by atoms with Crippen molar-refractivity contribution in [1.82, 2.24) is 0 Å². The molecule has 35 heavy (non-hydrogen) atoms. The number of aromatic carboxylic acids is 1. The molecule has 0 fully saturated rings. The average Bonchev–Trinajstić information content (AvgIpc) is 2.84. The molecule has 0 amide bonds. The average molecular weight is 469 g/mol. The highest BCUT2D eigenvalue weighted by molar-refractivity contribution is 5.99. The van der Waals surface area contributed by atoms with Gasteiger partial charge in [-0.05, 0) is 66.8 Å². The Hall–Kier alpha value is -4.38. The second-order valence-corrected chi connectivity index (χ2v) is 8.03. The van der Waals surface area contributed by atoms with E-state index in [1.54, 1.807) is 42.5 Å². The summed E-state index contributed by atoms with van der Waals surface area (Å²) in [7, 11) is 0. The molecule has 5 nitrogen and oxygen atoms in total. The normalized spacial score (nSPS) is 11.4. The second kappa shape index (κ2) is 11.7. The van der Waals surface area contributed by atoms with Crippen LogP contribution in [0.25, 0.3) is 5.57 Å². The van der Waals surface area contributed by atoms with Crippen molar-refractivity contribution in [3.63, 3.8) is 0 Å². The fourth-order valence-corrected chi connectivity index (χ4v) is 3.75. The van der Waals surface area contributed by atoms with Crippen LogP contribution in [0.2, 0.25) is 0 Å². The molecule has 0 aliphatic carbocycles. The van der Waals surface area contributed by atoms with Crippen LogP contribution in [0.4, 0.5) is 0 Å². The van der Waals surface area contributed by atoms with Gasteiger partial charge in [-0.15, -0.1) is 0 Å². The van der Waals surface area contributed by atoms with Crippen LogP contribution < -0.4 is 4.74 Å². The van der Waals surface area contributed by atoms with Gasteiger partial charge in [-0.3, -0.25) is 4.79 Å². The minimum absolute atomic E-state index is 0.141. The van der Waals surface area contributed by atoms with Gasteiger partial charge in [0.05, 0.1) is 16.7 Å². The fourth-order valence-electron chi connectivity index (χ4n) is 3.75. The van der Waals surface area contributed by atoms with Gasteiger partial charge in [-0.1, -0.05) is 67.3 Å². The van der Waals surface area contributed by atoms with Crippen molar-refractivity contribution in [1.29, 1.82) is 0 Å². The summed E-state index contributed by atoms with van der Waals surface area (Å²) >= 11 is 0. The van der Waals surface area contributed by atoms with Crippen molar-refractivity contribution >= 4 is 17.3 Å². The number of carbonyl (C=O) groups excluding carboxylic acids is 1. The van der Waals surface area contributed by atoms with Crippen molar-refractivity contribution < 1.29 is 24.5 Å². The quantitative estimate of drug-likeness (QED) is 0.258. The zero-order valence-electron chi connectivity index (χ0n) is 19.8. The van der Waals surface area contributed by atoms with Crippen LogP contribution in [0.5, 0.6) is 11.5 Å². The zero-order valence-corrected chi connectivity index (χ0v) is 19.8. The molecule has 0 radical (unpaired) electrons. The van der Waals surface area contributed by atoms with E-state index >= 15 is 0 Å². The number of carboxylic acids is 1. The van der Waals surface area contributed by atoms with Gasteiger partial charge >= 0.3 is 5.97 Å². The molecule has 0 unspecified atom stereocenters. The largest absolute Gasteiger partial charge is 0.506 e. The van der Waals surface area contributed by atoms with E-state index in [0.29, 0.717) is 23.3 Å². The predicted octanol–water partition coefficient (Wildman–Crippen LogP) is 6.61. The van der Waals surface area contributed by atoms with Crippen LogP contribution in [0, 0.1) is 0 Å². The Morgan fingerprint density at radius 3 is 2.34 bits per heavy atom. The Morgan fingerprint density at radius 1 is 1.00 bits per heavy atom. The monoisotopic (exact) mass is 468 g/mol. The molecule has 5 heteroatoms. The van der Waals surface area contributed by atoms with E-state index in [-0.39, 0.29) is 29.3 Å². The van der Waals surface area contributed by atoms with E-state index in [1.165, 1.54) is 6.92 Å². The highest BCUT2D eigenvalue weighted by Crippen LogP contribution is 2.38. The number of carbonyl (C=O) groups is 2. The molecule has 2 N–H and O–H groups in total. The number of benzene rings is 3. The van der Waals surface area contributed by atoms with Crippen LogP contribution in [0.15, 0.2) is 91.5 Å². The first-order valence-electron chi connectivity index (χ1n) is 11.2. The van der Waals surface area contributed by atoms with E-state index in [2.05, 4.69) is 6.58 Å². The Morgan fingerprint density at radius 2 is 1.69 bits per heavy atom. The summed E-state index contributed by atoms with van der Waals surface area (Å²) in [6.45, 7) is 7.37. The lowest BCUT2D eigenvalue weighted by Gasteiger charge is -2.16. The minimum Gasteiger partial charge on any atom is -0.506 e. The van der Waals surface area contributed by atoms with Crippen molar-refractivity contribution in [2.75, 3.05) is 0 Å². The second-order valence-electron chi connectivity index (χ2n) is 8.03. The van der Waals surface area contributed by atoms with Gasteiger partial charge in [-0.2, -0.15) is 0 Å². The van der Waals surface area contributed by atoms with Crippen molar-refractivity contribution in [3.8, 4) is 11.5 Å². The lowest BCUT2D eigenvalue weighted by Crippen LogP contribution is -2.02. The Bertz CT molecular complexity index is 1310. The van der Waals surface area contributed by atoms with Crippen molar-refractivity contribution in [2.45, 2.75) is 26.9 Å². The first-order valence-corrected chi connectivity index (χ1v) is 11.2. The molecule has 178 valence electrons. The minimum atomic E-state index is -0.953. The number of phenols is 1.